The largest absolute Gasteiger partial charge is 0.601 e. The van der Waals surface area contributed by atoms with Crippen LogP contribution >= 0.6 is 0 Å². The van der Waals surface area contributed by atoms with Gasteiger partial charge in [-0.15, -0.1) is 0 Å². The van der Waals surface area contributed by atoms with Crippen LogP contribution in [0.15, 0.2) is 48.5 Å². The van der Waals surface area contributed by atoms with Crippen LogP contribution in [0, 0.1) is 5.21 Å². The number of rotatable bonds is 6. The van der Waals surface area contributed by atoms with Gasteiger partial charge in [0.25, 0.3) is 0 Å². The Balaban J connectivity index is 2.21. The summed E-state index contributed by atoms with van der Waals surface area (Å²) in [5.41, 5.74) is 1.13. The molecule has 2 rings (SSSR count). The van der Waals surface area contributed by atoms with Crippen molar-refractivity contribution in [3.05, 3.63) is 53.7 Å². The minimum absolute atomic E-state index is 0.259. The van der Waals surface area contributed by atoms with Crippen LogP contribution in [0.1, 0.15) is 0 Å². The van der Waals surface area contributed by atoms with E-state index in [0.717, 1.165) is 0 Å². The third-order valence-electron chi connectivity index (χ3n) is 3.01. The van der Waals surface area contributed by atoms with Crippen molar-refractivity contribution in [2.45, 2.75) is 0 Å². The summed E-state index contributed by atoms with van der Waals surface area (Å²) in [6.45, 7) is 0. The summed E-state index contributed by atoms with van der Waals surface area (Å²) in [5.74, 6) is 1.41. The molecule has 0 amide bonds. The van der Waals surface area contributed by atoms with Gasteiger partial charge in [0.2, 0.25) is 0 Å². The summed E-state index contributed by atoms with van der Waals surface area (Å²) in [6.07, 6.45) is 0. The molecule has 0 fully saturated rings. The maximum atomic E-state index is 12.5. The highest BCUT2D eigenvalue weighted by atomic mass is 16.8. The van der Waals surface area contributed by atoms with Crippen molar-refractivity contribution in [1.29, 1.82) is 0 Å². The van der Waals surface area contributed by atoms with Crippen molar-refractivity contribution < 1.29 is 19.5 Å². The molecule has 0 aliphatic rings. The Morgan fingerprint density at radius 3 is 1.71 bits per heavy atom. The van der Waals surface area contributed by atoms with E-state index in [-0.39, 0.29) is 5.17 Å². The Labute approximate surface area is 123 Å². The number of anilines is 1. The van der Waals surface area contributed by atoms with Gasteiger partial charge in [0, 0.05) is 12.1 Å². The average Bonchev–Trinajstić information content (AvgIpc) is 2.56. The Bertz CT molecular complexity index is 557. The van der Waals surface area contributed by atoms with E-state index in [1.54, 1.807) is 62.8 Å². The lowest BCUT2D eigenvalue weighted by molar-refractivity contribution is -0.816. The van der Waals surface area contributed by atoms with Gasteiger partial charge in [-0.05, 0) is 36.4 Å². The summed E-state index contributed by atoms with van der Waals surface area (Å²) in [5, 5.41) is 13.4. The molecular formula is C15H18N2O4. The maximum Gasteiger partial charge on any atom is 0.158 e. The Morgan fingerprint density at radius 1 is 0.810 bits per heavy atom. The lowest BCUT2D eigenvalue weighted by atomic mass is 10.3. The van der Waals surface area contributed by atoms with Crippen LogP contribution in [0.4, 0.5) is 11.4 Å². The van der Waals surface area contributed by atoms with Gasteiger partial charge in [0.1, 0.15) is 17.2 Å². The van der Waals surface area contributed by atoms with Gasteiger partial charge >= 0.3 is 0 Å². The minimum atomic E-state index is -0.259. The van der Waals surface area contributed by atoms with Crippen LogP contribution in [-0.4, -0.2) is 21.3 Å². The van der Waals surface area contributed by atoms with E-state index < -0.39 is 0 Å². The molecular weight excluding hydrogens is 272 g/mol. The molecule has 0 aliphatic heterocycles. The predicted molar refractivity (Wildman–Crippen MR) is 79.5 cm³/mol. The molecule has 1 N–H and O–H groups in total. The normalized spacial score (nSPS) is 11.8. The van der Waals surface area contributed by atoms with Crippen LogP contribution in [0.3, 0.4) is 0 Å². The molecule has 0 aliphatic carbocycles. The van der Waals surface area contributed by atoms with Crippen molar-refractivity contribution in [2.24, 2.45) is 0 Å². The van der Waals surface area contributed by atoms with Crippen molar-refractivity contribution in [1.82, 2.24) is 0 Å². The molecule has 1 unspecified atom stereocenters. The predicted octanol–water partition coefficient (Wildman–Crippen LogP) is 1.70. The van der Waals surface area contributed by atoms with Crippen molar-refractivity contribution in [2.75, 3.05) is 26.5 Å². The third kappa shape index (κ3) is 3.43. The van der Waals surface area contributed by atoms with E-state index in [1.165, 1.54) is 12.3 Å². The fraction of sp³-hybridized carbons (Fsp3) is 0.200. The van der Waals surface area contributed by atoms with E-state index in [9.17, 15) is 5.21 Å². The lowest BCUT2D eigenvalue weighted by Gasteiger charge is -2.31. The van der Waals surface area contributed by atoms with Gasteiger partial charge in [-0.3, -0.25) is 0 Å². The number of benzene rings is 2. The molecule has 0 saturated heterocycles. The second-order valence-corrected chi connectivity index (χ2v) is 4.21. The quantitative estimate of drug-likeness (QED) is 0.821. The van der Waals surface area contributed by atoms with E-state index in [1.807, 2.05) is 0 Å². The molecule has 0 saturated carbocycles. The van der Waals surface area contributed by atoms with Crippen LogP contribution in [-0.2, 0) is 4.84 Å². The SMILES string of the molecule is COc1ccc(N(OC)[NH+]([O-])c2ccc(OC)cc2)cc1. The molecule has 0 spiro atoms. The van der Waals surface area contributed by atoms with Crippen molar-refractivity contribution >= 4 is 11.4 Å². The molecule has 2 aromatic carbocycles. The second kappa shape index (κ2) is 6.94. The van der Waals surface area contributed by atoms with Crippen LogP contribution in [0.5, 0.6) is 11.5 Å². The fourth-order valence-corrected chi connectivity index (χ4v) is 1.87. The molecule has 21 heavy (non-hydrogen) atoms. The summed E-state index contributed by atoms with van der Waals surface area (Å²) in [6, 6.07) is 13.9. The standard InChI is InChI=1S/C15H18N2O4/c1-19-14-8-4-12(5-9-14)16(18)17(21-3)13-6-10-15(20-2)11-7-13/h4-11,16H,1-3H3. The topological polar surface area (TPSA) is 58.4 Å². The highest BCUT2D eigenvalue weighted by molar-refractivity contribution is 5.46. The zero-order valence-electron chi connectivity index (χ0n) is 12.2. The first-order valence-corrected chi connectivity index (χ1v) is 6.36. The first-order chi connectivity index (χ1) is 10.2. The molecule has 0 bridgehead atoms. The van der Waals surface area contributed by atoms with E-state index >= 15 is 0 Å². The first-order valence-electron chi connectivity index (χ1n) is 6.36. The Kier molecular flexibility index (Phi) is 4.99. The molecule has 0 aromatic heterocycles. The van der Waals surface area contributed by atoms with Crippen LogP contribution < -0.4 is 19.8 Å². The second-order valence-electron chi connectivity index (χ2n) is 4.21. The monoisotopic (exact) mass is 290 g/mol. The maximum absolute atomic E-state index is 12.5. The van der Waals surface area contributed by atoms with Gasteiger partial charge in [-0.2, -0.15) is 0 Å². The van der Waals surface area contributed by atoms with E-state index in [0.29, 0.717) is 22.9 Å². The summed E-state index contributed by atoms with van der Waals surface area (Å²) >= 11 is 0. The zero-order chi connectivity index (χ0) is 15.2. The number of ether oxygens (including phenoxy) is 2. The fourth-order valence-electron chi connectivity index (χ4n) is 1.87. The summed E-state index contributed by atoms with van der Waals surface area (Å²) in [7, 11) is 4.62. The van der Waals surface area contributed by atoms with E-state index in [4.69, 9.17) is 14.3 Å². The molecule has 2 aromatic rings. The average molecular weight is 290 g/mol. The van der Waals surface area contributed by atoms with E-state index in [2.05, 4.69) is 0 Å². The molecule has 6 heteroatoms. The van der Waals surface area contributed by atoms with Crippen molar-refractivity contribution in [3.63, 3.8) is 0 Å². The molecule has 0 heterocycles. The highest BCUT2D eigenvalue weighted by Crippen LogP contribution is 2.18. The van der Waals surface area contributed by atoms with Gasteiger partial charge in [0.15, 0.2) is 5.69 Å². The Hall–Kier alpha value is -2.28. The van der Waals surface area contributed by atoms with Gasteiger partial charge in [0.05, 0.1) is 21.3 Å². The number of methoxy groups -OCH3 is 2. The number of nitrogens with zero attached hydrogens (tertiary/aromatic N) is 1. The van der Waals surface area contributed by atoms with Gasteiger partial charge in [-0.1, -0.05) is 5.17 Å². The zero-order valence-corrected chi connectivity index (χ0v) is 12.2. The third-order valence-corrected chi connectivity index (χ3v) is 3.01. The summed E-state index contributed by atoms with van der Waals surface area (Å²) < 4.78 is 10.2. The number of hydrogen-bond donors (Lipinski definition) is 1. The van der Waals surface area contributed by atoms with Crippen LogP contribution in [0.2, 0.25) is 0 Å². The van der Waals surface area contributed by atoms with Gasteiger partial charge in [-0.25, -0.2) is 10.0 Å². The molecule has 112 valence electrons. The Morgan fingerprint density at radius 2 is 1.29 bits per heavy atom. The van der Waals surface area contributed by atoms with Crippen LogP contribution in [0.25, 0.3) is 0 Å². The lowest BCUT2D eigenvalue weighted by Crippen LogP contribution is -3.10. The number of quaternary nitrogens is 1. The molecule has 6 nitrogen and oxygen atoms in total. The van der Waals surface area contributed by atoms with Gasteiger partial charge < -0.3 is 14.7 Å². The smallest absolute Gasteiger partial charge is 0.158 e. The molecule has 0 radical (unpaired) electrons. The molecule has 1 atom stereocenters. The van der Waals surface area contributed by atoms with Crippen molar-refractivity contribution in [3.8, 4) is 11.5 Å². The minimum Gasteiger partial charge on any atom is -0.601 e. The first kappa shape index (κ1) is 15.1. The number of nitrogens with one attached hydrogen (secondary N) is 1. The summed E-state index contributed by atoms with van der Waals surface area (Å²) in [4.78, 5) is 5.19. The number of hydrogen-bond acceptors (Lipinski definition) is 5. The highest BCUT2D eigenvalue weighted by Gasteiger charge is 2.15.